The van der Waals surface area contributed by atoms with E-state index in [0.29, 0.717) is 24.6 Å². The first-order valence-electron chi connectivity index (χ1n) is 9.82. The molecular formula is C22H17F3N4O3. The fourth-order valence-corrected chi connectivity index (χ4v) is 3.93. The van der Waals surface area contributed by atoms with Gasteiger partial charge in [-0.25, -0.2) is 4.98 Å². The summed E-state index contributed by atoms with van der Waals surface area (Å²) in [7, 11) is 0. The second kappa shape index (κ2) is 7.11. The Bertz CT molecular complexity index is 1290. The number of hydrogen-bond acceptors (Lipinski definition) is 6. The number of phenolic OH excluding ortho intramolecular Hbond substituents is 1. The number of aromatic hydroxyl groups is 1. The largest absolute Gasteiger partial charge is 0.507 e. The summed E-state index contributed by atoms with van der Waals surface area (Å²) in [5, 5.41) is 13.1. The van der Waals surface area contributed by atoms with Gasteiger partial charge in [0.1, 0.15) is 5.75 Å². The van der Waals surface area contributed by atoms with Crippen LogP contribution >= 0.6 is 0 Å². The molecule has 0 radical (unpaired) electrons. The third kappa shape index (κ3) is 3.47. The number of halogens is 3. The molecule has 0 aliphatic carbocycles. The first-order chi connectivity index (χ1) is 15.2. The third-order valence-electron chi connectivity index (χ3n) is 5.52. The van der Waals surface area contributed by atoms with Gasteiger partial charge in [-0.15, -0.1) is 0 Å². The van der Waals surface area contributed by atoms with Crippen LogP contribution in [0.2, 0.25) is 0 Å². The van der Waals surface area contributed by atoms with Gasteiger partial charge >= 0.3 is 12.2 Å². The Morgan fingerprint density at radius 3 is 2.81 bits per heavy atom. The van der Waals surface area contributed by atoms with Gasteiger partial charge in [0.2, 0.25) is 11.6 Å². The number of benzene rings is 1. The number of carbonyl (C=O) groups is 1. The highest BCUT2D eigenvalue weighted by Crippen LogP contribution is 2.39. The SMILES string of the molecule is Cc1cc(C(F)(F)F)cc(O)c1-c1ccc2oc(N3C=CC4CC(=O)NCC4=C3)nc2n1. The van der Waals surface area contributed by atoms with Crippen LogP contribution in [-0.2, 0) is 11.0 Å². The van der Waals surface area contributed by atoms with Gasteiger partial charge in [-0.3, -0.25) is 9.69 Å². The summed E-state index contributed by atoms with van der Waals surface area (Å²) in [6, 6.07) is 5.09. The maximum absolute atomic E-state index is 13.0. The third-order valence-corrected chi connectivity index (χ3v) is 5.52. The fourth-order valence-electron chi connectivity index (χ4n) is 3.93. The number of nitrogens with one attached hydrogen (secondary N) is 1. The molecule has 32 heavy (non-hydrogen) atoms. The molecule has 10 heteroatoms. The highest BCUT2D eigenvalue weighted by Gasteiger charge is 2.32. The fraction of sp³-hybridized carbons (Fsp3) is 0.227. The van der Waals surface area contributed by atoms with E-state index in [0.717, 1.165) is 11.6 Å². The number of allylic oxidation sites excluding steroid dienone is 1. The predicted molar refractivity (Wildman–Crippen MR) is 109 cm³/mol. The minimum Gasteiger partial charge on any atom is -0.507 e. The zero-order valence-electron chi connectivity index (χ0n) is 16.8. The number of fused-ring (bicyclic) bond motifs is 2. The zero-order valence-corrected chi connectivity index (χ0v) is 16.8. The van der Waals surface area contributed by atoms with E-state index in [1.165, 1.54) is 6.92 Å². The van der Waals surface area contributed by atoms with Crippen molar-refractivity contribution < 1.29 is 27.5 Å². The number of nitrogens with zero attached hydrogens (tertiary/aromatic N) is 3. The van der Waals surface area contributed by atoms with E-state index >= 15 is 0 Å². The molecule has 2 aliphatic rings. The van der Waals surface area contributed by atoms with Gasteiger partial charge in [-0.05, 0) is 42.3 Å². The van der Waals surface area contributed by atoms with Crippen LogP contribution in [0.3, 0.4) is 0 Å². The molecule has 2 aliphatic heterocycles. The number of pyridine rings is 1. The van der Waals surface area contributed by atoms with Crippen molar-refractivity contribution in [2.75, 3.05) is 11.4 Å². The molecule has 1 aromatic carbocycles. The number of piperidine rings is 1. The second-order valence-electron chi connectivity index (χ2n) is 7.74. The lowest BCUT2D eigenvalue weighted by Gasteiger charge is -2.28. The molecular weight excluding hydrogens is 425 g/mol. The number of rotatable bonds is 2. The first-order valence-corrected chi connectivity index (χ1v) is 9.82. The lowest BCUT2D eigenvalue weighted by Crippen LogP contribution is -2.37. The molecule has 1 saturated heterocycles. The van der Waals surface area contributed by atoms with E-state index < -0.39 is 17.5 Å². The van der Waals surface area contributed by atoms with Crippen molar-refractivity contribution in [3.63, 3.8) is 0 Å². The van der Waals surface area contributed by atoms with Gasteiger partial charge < -0.3 is 14.8 Å². The minimum atomic E-state index is -4.56. The van der Waals surface area contributed by atoms with E-state index in [9.17, 15) is 23.1 Å². The Kier molecular flexibility index (Phi) is 4.47. The molecule has 164 valence electrons. The highest BCUT2D eigenvalue weighted by atomic mass is 19.4. The summed E-state index contributed by atoms with van der Waals surface area (Å²) in [5.74, 6) is -0.465. The molecule has 0 bridgehead atoms. The number of phenols is 1. The van der Waals surface area contributed by atoms with Gasteiger partial charge in [0.05, 0.1) is 11.3 Å². The van der Waals surface area contributed by atoms with Crippen LogP contribution in [0.5, 0.6) is 5.75 Å². The average molecular weight is 442 g/mol. The molecule has 2 aromatic heterocycles. The number of oxazole rings is 1. The smallest absolute Gasteiger partial charge is 0.416 e. The molecule has 5 rings (SSSR count). The zero-order chi connectivity index (χ0) is 22.6. The van der Waals surface area contributed by atoms with Crippen LogP contribution in [0.15, 0.2) is 52.7 Å². The van der Waals surface area contributed by atoms with Crippen molar-refractivity contribution >= 4 is 23.2 Å². The Morgan fingerprint density at radius 2 is 2.06 bits per heavy atom. The monoisotopic (exact) mass is 442 g/mol. The summed E-state index contributed by atoms with van der Waals surface area (Å²) >= 11 is 0. The Balaban J connectivity index is 1.49. The molecule has 1 amide bonds. The maximum atomic E-state index is 13.0. The number of carbonyl (C=O) groups excluding carboxylic acids is 1. The molecule has 0 spiro atoms. The van der Waals surface area contributed by atoms with Crippen LogP contribution < -0.4 is 10.2 Å². The van der Waals surface area contributed by atoms with Crippen molar-refractivity contribution in [1.29, 1.82) is 0 Å². The quantitative estimate of drug-likeness (QED) is 0.616. The van der Waals surface area contributed by atoms with Crippen molar-refractivity contribution in [2.24, 2.45) is 5.92 Å². The Hall–Kier alpha value is -3.82. The normalized spacial score (nSPS) is 18.5. The van der Waals surface area contributed by atoms with Crippen molar-refractivity contribution in [3.05, 3.63) is 59.4 Å². The number of aromatic nitrogens is 2. The Labute approximate surface area is 179 Å². The molecule has 4 heterocycles. The van der Waals surface area contributed by atoms with Crippen LogP contribution in [0.1, 0.15) is 17.5 Å². The van der Waals surface area contributed by atoms with E-state index in [1.54, 1.807) is 23.2 Å². The number of anilines is 1. The first kappa shape index (κ1) is 20.1. The van der Waals surface area contributed by atoms with Gasteiger partial charge in [-0.1, -0.05) is 6.08 Å². The standard InChI is InChI=1S/C22H17F3N4O3/c1-11-6-14(22(23,24)25)8-16(30)19(11)15-2-3-17-20(27-15)28-21(32-17)29-5-4-12-7-18(31)26-9-13(12)10-29/h2-6,8,10,12,30H,7,9H2,1H3,(H,26,31). The lowest BCUT2D eigenvalue weighted by molar-refractivity contribution is -0.137. The maximum Gasteiger partial charge on any atom is 0.416 e. The Morgan fingerprint density at radius 1 is 1.25 bits per heavy atom. The second-order valence-corrected chi connectivity index (χ2v) is 7.74. The summed E-state index contributed by atoms with van der Waals surface area (Å²) in [6.45, 7) is 1.92. The number of amides is 1. The van der Waals surface area contributed by atoms with Crippen LogP contribution in [0.25, 0.3) is 22.5 Å². The summed E-state index contributed by atoms with van der Waals surface area (Å²) in [5.41, 5.74) is 1.45. The summed E-state index contributed by atoms with van der Waals surface area (Å²) < 4.78 is 44.8. The van der Waals surface area contributed by atoms with Crippen molar-refractivity contribution in [2.45, 2.75) is 19.5 Å². The van der Waals surface area contributed by atoms with Gasteiger partial charge in [0, 0.05) is 36.8 Å². The number of hydrogen-bond donors (Lipinski definition) is 2. The van der Waals surface area contributed by atoms with Crippen molar-refractivity contribution in [3.8, 4) is 17.0 Å². The van der Waals surface area contributed by atoms with E-state index in [4.69, 9.17) is 4.42 Å². The highest BCUT2D eigenvalue weighted by molar-refractivity contribution is 5.80. The number of alkyl halides is 3. The van der Waals surface area contributed by atoms with Gasteiger partial charge in [0.15, 0.2) is 5.58 Å². The van der Waals surface area contributed by atoms with Gasteiger partial charge in [0.25, 0.3) is 0 Å². The average Bonchev–Trinajstić information content (AvgIpc) is 3.15. The predicted octanol–water partition coefficient (Wildman–Crippen LogP) is 4.28. The molecule has 1 fully saturated rings. The number of aryl methyl sites for hydroxylation is 1. The van der Waals surface area contributed by atoms with Gasteiger partial charge in [-0.2, -0.15) is 18.2 Å². The summed E-state index contributed by atoms with van der Waals surface area (Å²) in [6.07, 6.45) is 1.36. The molecule has 1 atom stereocenters. The van der Waals surface area contributed by atoms with Crippen LogP contribution in [-0.4, -0.2) is 27.5 Å². The van der Waals surface area contributed by atoms with Crippen LogP contribution in [0, 0.1) is 12.8 Å². The molecule has 2 N–H and O–H groups in total. The molecule has 0 saturated carbocycles. The van der Waals surface area contributed by atoms with E-state index in [-0.39, 0.29) is 40.3 Å². The molecule has 7 nitrogen and oxygen atoms in total. The van der Waals surface area contributed by atoms with E-state index in [1.807, 2.05) is 12.3 Å². The molecule has 1 unspecified atom stereocenters. The van der Waals surface area contributed by atoms with Crippen LogP contribution in [0.4, 0.5) is 19.2 Å². The minimum absolute atomic E-state index is 0.00524. The summed E-state index contributed by atoms with van der Waals surface area (Å²) in [4.78, 5) is 22.0. The lowest BCUT2D eigenvalue weighted by atomic mass is 9.91. The van der Waals surface area contributed by atoms with Crippen molar-refractivity contribution in [1.82, 2.24) is 15.3 Å². The van der Waals surface area contributed by atoms with E-state index in [2.05, 4.69) is 15.3 Å². The molecule has 3 aromatic rings. The topological polar surface area (TPSA) is 91.5 Å².